The van der Waals surface area contributed by atoms with Gasteiger partial charge < -0.3 is 4.74 Å². The van der Waals surface area contributed by atoms with E-state index in [2.05, 4.69) is 41.5 Å². The number of thiophene rings is 1. The molecular weight excluding hydrogens is 400 g/mol. The number of benzene rings is 2. The van der Waals surface area contributed by atoms with Crippen LogP contribution in [0.5, 0.6) is 0 Å². The van der Waals surface area contributed by atoms with Crippen LogP contribution in [0, 0.1) is 6.92 Å². The number of nitrogens with zero attached hydrogens (tertiary/aromatic N) is 1. The highest BCUT2D eigenvalue weighted by atomic mass is 32.1. The molecule has 1 atom stereocenters. The molecule has 6 heteroatoms. The van der Waals surface area contributed by atoms with Crippen LogP contribution in [0.2, 0.25) is 0 Å². The molecule has 0 bridgehead atoms. The quantitative estimate of drug-likeness (QED) is 0.395. The summed E-state index contributed by atoms with van der Waals surface area (Å²) in [6.07, 6.45) is 1.53. The lowest BCUT2D eigenvalue weighted by Gasteiger charge is -2.17. The van der Waals surface area contributed by atoms with E-state index in [1.165, 1.54) is 28.2 Å². The molecule has 2 aromatic heterocycles. The Hall–Kier alpha value is -2.80. The minimum Gasteiger partial charge on any atom is -0.363 e. The highest BCUT2D eigenvalue weighted by molar-refractivity contribution is 7.16. The lowest BCUT2D eigenvalue weighted by molar-refractivity contribution is 0.0689. The first-order valence-corrected chi connectivity index (χ1v) is 10.9. The zero-order chi connectivity index (χ0) is 20.1. The molecule has 0 aliphatic heterocycles. The predicted molar refractivity (Wildman–Crippen MR) is 119 cm³/mol. The summed E-state index contributed by atoms with van der Waals surface area (Å²) in [4.78, 5) is 18.3. The maximum atomic E-state index is 12.3. The maximum Gasteiger partial charge on any atom is 0.267 e. The van der Waals surface area contributed by atoms with E-state index in [9.17, 15) is 4.79 Å². The van der Waals surface area contributed by atoms with Crippen LogP contribution >= 0.6 is 22.7 Å². The summed E-state index contributed by atoms with van der Waals surface area (Å²) in [6.45, 7) is 2.56. The number of aromatic nitrogens is 1. The summed E-state index contributed by atoms with van der Waals surface area (Å²) in [5, 5.41) is 5.32. The van der Waals surface area contributed by atoms with Crippen molar-refractivity contribution in [1.82, 2.24) is 4.98 Å². The second-order valence-electron chi connectivity index (χ2n) is 6.59. The molecule has 0 aliphatic rings. The van der Waals surface area contributed by atoms with Gasteiger partial charge in [0.2, 0.25) is 0 Å². The minimum absolute atomic E-state index is 0.141. The number of amides is 1. The predicted octanol–water partition coefficient (Wildman–Crippen LogP) is 6.07. The Morgan fingerprint density at radius 3 is 2.59 bits per heavy atom. The van der Waals surface area contributed by atoms with Crippen LogP contribution in [0.1, 0.15) is 37.3 Å². The fourth-order valence-electron chi connectivity index (χ4n) is 2.87. The van der Waals surface area contributed by atoms with Crippen LogP contribution in [-0.2, 0) is 11.3 Å². The largest absolute Gasteiger partial charge is 0.363 e. The molecule has 4 nitrogen and oxygen atoms in total. The van der Waals surface area contributed by atoms with Gasteiger partial charge in [-0.2, -0.15) is 0 Å². The van der Waals surface area contributed by atoms with Gasteiger partial charge in [-0.05, 0) is 29.5 Å². The van der Waals surface area contributed by atoms with Gasteiger partial charge in [0.25, 0.3) is 5.91 Å². The van der Waals surface area contributed by atoms with E-state index in [1.54, 1.807) is 12.3 Å². The second-order valence-corrected chi connectivity index (χ2v) is 8.60. The first-order valence-electron chi connectivity index (χ1n) is 9.22. The Kier molecular flexibility index (Phi) is 6.14. The van der Waals surface area contributed by atoms with Gasteiger partial charge in [0, 0.05) is 6.20 Å². The van der Waals surface area contributed by atoms with Crippen LogP contribution < -0.4 is 5.32 Å². The zero-order valence-electron chi connectivity index (χ0n) is 15.9. The fraction of sp³-hybridized carbons (Fsp3) is 0.130. The molecule has 4 aromatic rings. The SMILES string of the molecule is Cc1ccc(COC(c2ccccc2)c2cnc(NC(=O)c3cccs3)s2)cc1. The van der Waals surface area contributed by atoms with Crippen molar-refractivity contribution in [2.24, 2.45) is 0 Å². The average Bonchev–Trinajstić information content (AvgIpc) is 3.43. The third-order valence-electron chi connectivity index (χ3n) is 4.39. The summed E-state index contributed by atoms with van der Waals surface area (Å²) < 4.78 is 6.29. The Morgan fingerprint density at radius 2 is 1.86 bits per heavy atom. The van der Waals surface area contributed by atoms with E-state index in [0.717, 1.165) is 16.0 Å². The molecule has 2 aromatic carbocycles. The number of anilines is 1. The van der Waals surface area contributed by atoms with Gasteiger partial charge in [0.1, 0.15) is 6.10 Å². The molecule has 1 N–H and O–H groups in total. The first kappa shape index (κ1) is 19.5. The molecule has 0 fully saturated rings. The van der Waals surface area contributed by atoms with Crippen molar-refractivity contribution in [2.45, 2.75) is 19.6 Å². The Balaban J connectivity index is 1.52. The van der Waals surface area contributed by atoms with Crippen molar-refractivity contribution in [3.05, 3.63) is 105 Å². The molecule has 0 saturated heterocycles. The van der Waals surface area contributed by atoms with Crippen LogP contribution in [0.4, 0.5) is 5.13 Å². The van der Waals surface area contributed by atoms with Gasteiger partial charge in [-0.25, -0.2) is 4.98 Å². The number of nitrogens with one attached hydrogen (secondary N) is 1. The van der Waals surface area contributed by atoms with Crippen LogP contribution in [0.3, 0.4) is 0 Å². The highest BCUT2D eigenvalue weighted by Crippen LogP contribution is 2.33. The molecule has 4 rings (SSSR count). The van der Waals surface area contributed by atoms with Crippen LogP contribution in [0.15, 0.2) is 78.3 Å². The average molecular weight is 421 g/mol. The third kappa shape index (κ3) is 4.98. The summed E-state index contributed by atoms with van der Waals surface area (Å²) >= 11 is 2.84. The zero-order valence-corrected chi connectivity index (χ0v) is 17.5. The number of carbonyl (C=O) groups is 1. The Bertz CT molecular complexity index is 1060. The molecule has 0 aliphatic carbocycles. The van der Waals surface area contributed by atoms with Gasteiger partial charge >= 0.3 is 0 Å². The molecule has 146 valence electrons. The molecule has 1 unspecified atom stereocenters. The topological polar surface area (TPSA) is 51.2 Å². The van der Waals surface area contributed by atoms with Crippen molar-refractivity contribution in [3.63, 3.8) is 0 Å². The number of thiazole rings is 1. The van der Waals surface area contributed by atoms with E-state index in [1.807, 2.05) is 41.8 Å². The van der Waals surface area contributed by atoms with Crippen molar-refractivity contribution < 1.29 is 9.53 Å². The fourth-order valence-corrected chi connectivity index (χ4v) is 4.37. The number of rotatable bonds is 7. The highest BCUT2D eigenvalue weighted by Gasteiger charge is 2.19. The van der Waals surface area contributed by atoms with E-state index in [4.69, 9.17) is 4.74 Å². The molecule has 0 spiro atoms. The van der Waals surface area contributed by atoms with E-state index < -0.39 is 0 Å². The lowest BCUT2D eigenvalue weighted by atomic mass is 10.1. The Labute approximate surface area is 177 Å². The van der Waals surface area contributed by atoms with Crippen molar-refractivity contribution in [2.75, 3.05) is 5.32 Å². The molecule has 2 heterocycles. The van der Waals surface area contributed by atoms with Crippen molar-refractivity contribution in [1.29, 1.82) is 0 Å². The number of aryl methyl sites for hydroxylation is 1. The molecule has 1 amide bonds. The monoisotopic (exact) mass is 420 g/mol. The summed E-state index contributed by atoms with van der Waals surface area (Å²) in [7, 11) is 0. The number of carbonyl (C=O) groups excluding carboxylic acids is 1. The van der Waals surface area contributed by atoms with Gasteiger partial charge in [0.15, 0.2) is 5.13 Å². The Morgan fingerprint density at radius 1 is 1.07 bits per heavy atom. The van der Waals surface area contributed by atoms with E-state index in [0.29, 0.717) is 16.6 Å². The van der Waals surface area contributed by atoms with Crippen LogP contribution in [-0.4, -0.2) is 10.9 Å². The third-order valence-corrected chi connectivity index (χ3v) is 6.21. The number of ether oxygens (including phenoxy) is 1. The van der Waals surface area contributed by atoms with Crippen molar-refractivity contribution >= 4 is 33.7 Å². The van der Waals surface area contributed by atoms with Gasteiger partial charge in [-0.3, -0.25) is 10.1 Å². The van der Waals surface area contributed by atoms with Gasteiger partial charge in [-0.1, -0.05) is 77.6 Å². The van der Waals surface area contributed by atoms with Crippen molar-refractivity contribution in [3.8, 4) is 0 Å². The van der Waals surface area contributed by atoms with Gasteiger partial charge in [-0.15, -0.1) is 11.3 Å². The summed E-state index contributed by atoms with van der Waals surface area (Å²) in [5.41, 5.74) is 3.40. The lowest BCUT2D eigenvalue weighted by Crippen LogP contribution is -2.09. The van der Waals surface area contributed by atoms with Gasteiger partial charge in [0.05, 0.1) is 16.4 Å². The molecule has 29 heavy (non-hydrogen) atoms. The van der Waals surface area contributed by atoms with E-state index in [-0.39, 0.29) is 12.0 Å². The first-order chi connectivity index (χ1) is 14.2. The summed E-state index contributed by atoms with van der Waals surface area (Å²) in [5.74, 6) is -0.141. The summed E-state index contributed by atoms with van der Waals surface area (Å²) in [6, 6.07) is 22.1. The minimum atomic E-state index is -0.248. The number of hydrogen-bond acceptors (Lipinski definition) is 5. The smallest absolute Gasteiger partial charge is 0.267 e. The van der Waals surface area contributed by atoms with Crippen LogP contribution in [0.25, 0.3) is 0 Å². The molecule has 0 saturated carbocycles. The standard InChI is InChI=1S/C23H20N2O2S2/c1-16-9-11-17(12-10-16)15-27-21(18-6-3-2-4-7-18)20-14-24-23(29-20)25-22(26)19-8-5-13-28-19/h2-14,21H,15H2,1H3,(H,24,25,26). The normalized spacial score (nSPS) is 11.9. The molecule has 0 radical (unpaired) electrons. The maximum absolute atomic E-state index is 12.3. The number of hydrogen-bond donors (Lipinski definition) is 1. The van der Waals surface area contributed by atoms with E-state index >= 15 is 0 Å². The second kappa shape index (κ2) is 9.13. The molecular formula is C23H20N2O2S2.